The maximum Gasteiger partial charge on any atom is 0.303 e. The predicted octanol–water partition coefficient (Wildman–Crippen LogP) is 3.10. The zero-order valence-corrected chi connectivity index (χ0v) is 13.9. The summed E-state index contributed by atoms with van der Waals surface area (Å²) in [7, 11) is 1.55. The lowest BCUT2D eigenvalue weighted by Gasteiger charge is -2.16. The predicted molar refractivity (Wildman–Crippen MR) is 90.9 cm³/mol. The first-order valence-corrected chi connectivity index (χ1v) is 7.85. The summed E-state index contributed by atoms with van der Waals surface area (Å²) in [5.74, 6) is -1.33. The molecule has 0 spiro atoms. The lowest BCUT2D eigenvalue weighted by molar-refractivity contribution is -0.137. The minimum atomic E-state index is -0.966. The standard InChI is InChI=1S/C19H20FNO4/c1-25-17-8-4-14(5-9-17)15(11-19(23)24)10-18(22)21-12-13-2-6-16(20)7-3-13/h2-9,15H,10-12H2,1H3,(H,21,22)(H,23,24)/t15-/m1/s1. The minimum absolute atomic E-state index is 0.0554. The molecule has 0 fully saturated rings. The van der Waals surface area contributed by atoms with Crippen LogP contribution in [0.25, 0.3) is 0 Å². The Kier molecular flexibility index (Phi) is 6.51. The third-order valence-electron chi connectivity index (χ3n) is 3.84. The van der Waals surface area contributed by atoms with Crippen LogP contribution in [0.1, 0.15) is 29.9 Å². The molecule has 0 bridgehead atoms. The zero-order chi connectivity index (χ0) is 18.2. The Balaban J connectivity index is 1.98. The second kappa shape index (κ2) is 8.82. The van der Waals surface area contributed by atoms with Crippen LogP contribution in [0.4, 0.5) is 4.39 Å². The molecule has 0 aliphatic carbocycles. The number of hydrogen-bond acceptors (Lipinski definition) is 3. The SMILES string of the molecule is COc1ccc([C@@H](CC(=O)O)CC(=O)NCc2ccc(F)cc2)cc1. The highest BCUT2D eigenvalue weighted by Gasteiger charge is 2.19. The van der Waals surface area contributed by atoms with E-state index in [4.69, 9.17) is 9.84 Å². The van der Waals surface area contributed by atoms with E-state index in [0.717, 1.165) is 11.1 Å². The number of hydrogen-bond donors (Lipinski definition) is 2. The molecule has 0 saturated heterocycles. The van der Waals surface area contributed by atoms with Crippen molar-refractivity contribution in [3.05, 3.63) is 65.5 Å². The summed E-state index contributed by atoms with van der Waals surface area (Å²) in [5, 5.41) is 11.8. The van der Waals surface area contributed by atoms with Crippen molar-refractivity contribution in [2.75, 3.05) is 7.11 Å². The fraction of sp³-hybridized carbons (Fsp3) is 0.263. The molecule has 6 heteroatoms. The number of carboxylic acid groups (broad SMARTS) is 1. The number of nitrogens with one attached hydrogen (secondary N) is 1. The van der Waals surface area contributed by atoms with Gasteiger partial charge < -0.3 is 15.2 Å². The van der Waals surface area contributed by atoms with E-state index >= 15 is 0 Å². The lowest BCUT2D eigenvalue weighted by atomic mass is 9.92. The largest absolute Gasteiger partial charge is 0.497 e. The molecule has 25 heavy (non-hydrogen) atoms. The maximum atomic E-state index is 12.9. The van der Waals surface area contributed by atoms with Gasteiger partial charge in [0.25, 0.3) is 0 Å². The quantitative estimate of drug-likeness (QED) is 0.771. The van der Waals surface area contributed by atoms with E-state index in [2.05, 4.69) is 5.32 Å². The van der Waals surface area contributed by atoms with Crippen molar-refractivity contribution in [2.24, 2.45) is 0 Å². The molecule has 0 radical (unpaired) electrons. The van der Waals surface area contributed by atoms with Crippen LogP contribution in [0.2, 0.25) is 0 Å². The van der Waals surface area contributed by atoms with Crippen molar-refractivity contribution in [1.29, 1.82) is 0 Å². The van der Waals surface area contributed by atoms with E-state index in [1.165, 1.54) is 12.1 Å². The highest BCUT2D eigenvalue weighted by Crippen LogP contribution is 2.25. The summed E-state index contributed by atoms with van der Waals surface area (Å²) >= 11 is 0. The Bertz CT molecular complexity index is 713. The van der Waals surface area contributed by atoms with Gasteiger partial charge in [-0.05, 0) is 35.4 Å². The van der Waals surface area contributed by atoms with Crippen LogP contribution in [0.5, 0.6) is 5.75 Å². The smallest absolute Gasteiger partial charge is 0.303 e. The van der Waals surface area contributed by atoms with Crippen molar-refractivity contribution >= 4 is 11.9 Å². The second-order valence-corrected chi connectivity index (χ2v) is 5.68. The molecule has 0 unspecified atom stereocenters. The Morgan fingerprint density at radius 3 is 2.28 bits per heavy atom. The first-order chi connectivity index (χ1) is 12.0. The number of rotatable bonds is 8. The topological polar surface area (TPSA) is 75.6 Å². The fourth-order valence-corrected chi connectivity index (χ4v) is 2.49. The van der Waals surface area contributed by atoms with Gasteiger partial charge in [-0.3, -0.25) is 9.59 Å². The monoisotopic (exact) mass is 345 g/mol. The normalized spacial score (nSPS) is 11.6. The summed E-state index contributed by atoms with van der Waals surface area (Å²) in [6.07, 6.45) is -0.0872. The highest BCUT2D eigenvalue weighted by atomic mass is 19.1. The van der Waals surface area contributed by atoms with Crippen LogP contribution >= 0.6 is 0 Å². The van der Waals surface area contributed by atoms with Crippen molar-refractivity contribution in [1.82, 2.24) is 5.32 Å². The van der Waals surface area contributed by atoms with Crippen molar-refractivity contribution in [3.63, 3.8) is 0 Å². The van der Waals surface area contributed by atoms with E-state index < -0.39 is 11.9 Å². The van der Waals surface area contributed by atoms with Gasteiger partial charge in [-0.2, -0.15) is 0 Å². The minimum Gasteiger partial charge on any atom is -0.497 e. The molecule has 0 saturated carbocycles. The van der Waals surface area contributed by atoms with Gasteiger partial charge in [-0.25, -0.2) is 4.39 Å². The van der Waals surface area contributed by atoms with E-state index in [9.17, 15) is 14.0 Å². The fourth-order valence-electron chi connectivity index (χ4n) is 2.49. The van der Waals surface area contributed by atoms with Gasteiger partial charge in [0, 0.05) is 18.9 Å². The van der Waals surface area contributed by atoms with Crippen LogP contribution in [0.15, 0.2) is 48.5 Å². The van der Waals surface area contributed by atoms with E-state index in [-0.39, 0.29) is 31.1 Å². The second-order valence-electron chi connectivity index (χ2n) is 5.68. The average molecular weight is 345 g/mol. The first-order valence-electron chi connectivity index (χ1n) is 7.85. The summed E-state index contributed by atoms with van der Waals surface area (Å²) < 4.78 is 18.0. The molecule has 0 aromatic heterocycles. The molecule has 2 rings (SSSR count). The molecule has 2 N–H and O–H groups in total. The molecule has 2 aromatic carbocycles. The molecule has 1 atom stereocenters. The molecule has 0 heterocycles. The third-order valence-corrected chi connectivity index (χ3v) is 3.84. The number of amides is 1. The number of carboxylic acids is 1. The van der Waals surface area contributed by atoms with Gasteiger partial charge >= 0.3 is 5.97 Å². The summed E-state index contributed by atoms with van der Waals surface area (Å²) in [5.41, 5.74) is 1.54. The third kappa shape index (κ3) is 5.91. The number of ether oxygens (including phenoxy) is 1. The Morgan fingerprint density at radius 1 is 1.08 bits per heavy atom. The summed E-state index contributed by atoms with van der Waals surface area (Å²) in [6.45, 7) is 0.265. The van der Waals surface area contributed by atoms with Gasteiger partial charge in [0.05, 0.1) is 13.5 Å². The molecule has 1 amide bonds. The first kappa shape index (κ1) is 18.4. The number of aliphatic carboxylic acids is 1. The number of benzene rings is 2. The Hall–Kier alpha value is -2.89. The van der Waals surface area contributed by atoms with E-state index in [1.54, 1.807) is 43.5 Å². The van der Waals surface area contributed by atoms with Crippen molar-refractivity contribution in [2.45, 2.75) is 25.3 Å². The van der Waals surface area contributed by atoms with Crippen LogP contribution < -0.4 is 10.1 Å². The molecule has 5 nitrogen and oxygen atoms in total. The number of halogens is 1. The molecular formula is C19H20FNO4. The molecule has 2 aromatic rings. The van der Waals surface area contributed by atoms with Gasteiger partial charge in [0.2, 0.25) is 5.91 Å². The van der Waals surface area contributed by atoms with E-state index in [1.807, 2.05) is 0 Å². The van der Waals surface area contributed by atoms with Crippen LogP contribution in [0.3, 0.4) is 0 Å². The molecular weight excluding hydrogens is 325 g/mol. The van der Waals surface area contributed by atoms with Gasteiger partial charge in [0.1, 0.15) is 11.6 Å². The molecule has 0 aliphatic rings. The van der Waals surface area contributed by atoms with Crippen molar-refractivity contribution in [3.8, 4) is 5.75 Å². The number of carbonyl (C=O) groups is 2. The summed E-state index contributed by atoms with van der Waals surface area (Å²) in [4.78, 5) is 23.3. The van der Waals surface area contributed by atoms with Crippen LogP contribution in [-0.2, 0) is 16.1 Å². The Morgan fingerprint density at radius 2 is 1.72 bits per heavy atom. The van der Waals surface area contributed by atoms with Gasteiger partial charge in [0.15, 0.2) is 0 Å². The molecule has 0 aliphatic heterocycles. The number of carbonyl (C=O) groups excluding carboxylic acids is 1. The Labute approximate surface area is 145 Å². The average Bonchev–Trinajstić information content (AvgIpc) is 2.60. The highest BCUT2D eigenvalue weighted by molar-refractivity contribution is 5.78. The number of methoxy groups -OCH3 is 1. The van der Waals surface area contributed by atoms with Crippen molar-refractivity contribution < 1.29 is 23.8 Å². The zero-order valence-electron chi connectivity index (χ0n) is 13.9. The summed E-state index contributed by atoms with van der Waals surface area (Å²) in [6, 6.07) is 12.8. The van der Waals surface area contributed by atoms with E-state index in [0.29, 0.717) is 5.75 Å². The van der Waals surface area contributed by atoms with Crippen LogP contribution in [-0.4, -0.2) is 24.1 Å². The maximum absolute atomic E-state index is 12.9. The molecule has 132 valence electrons. The van der Waals surface area contributed by atoms with Crippen LogP contribution in [0, 0.1) is 5.82 Å². The van der Waals surface area contributed by atoms with Gasteiger partial charge in [-0.1, -0.05) is 24.3 Å². The van der Waals surface area contributed by atoms with Gasteiger partial charge in [-0.15, -0.1) is 0 Å². The lowest BCUT2D eigenvalue weighted by Crippen LogP contribution is -2.25.